The summed E-state index contributed by atoms with van der Waals surface area (Å²) in [5.41, 5.74) is 5.02. The number of nitrogens with zero attached hydrogens (tertiary/aromatic N) is 6. The Morgan fingerprint density at radius 1 is 1.24 bits per heavy atom. The lowest BCUT2D eigenvalue weighted by molar-refractivity contribution is -0.150. The molecule has 8 N–H and O–H groups in total. The molecule has 0 saturated carbocycles. The van der Waals surface area contributed by atoms with Gasteiger partial charge in [0.25, 0.3) is 11.5 Å². The number of β-lactam (4-membered cyclic amide) rings is 1. The number of carbonyl (C=O) groups excluding carboxylic acids is 3. The van der Waals surface area contributed by atoms with Gasteiger partial charge in [0.2, 0.25) is 17.0 Å². The molecule has 4 amide bonds. The van der Waals surface area contributed by atoms with Crippen molar-refractivity contribution in [1.29, 1.82) is 0 Å². The number of nitrogens with one attached hydrogen (secondary N) is 4. The summed E-state index contributed by atoms with van der Waals surface area (Å²) in [6.45, 7) is 4.42. The number of amides is 4. The van der Waals surface area contributed by atoms with Crippen LogP contribution in [-0.2, 0) is 14.4 Å². The van der Waals surface area contributed by atoms with Gasteiger partial charge in [0.15, 0.2) is 0 Å². The summed E-state index contributed by atoms with van der Waals surface area (Å²) in [4.78, 5) is 74.0. The van der Waals surface area contributed by atoms with Gasteiger partial charge in [-0.2, -0.15) is 5.21 Å². The second kappa shape index (κ2) is 13.5. The lowest BCUT2D eigenvalue weighted by atomic mass is 10.00. The first-order valence-corrected chi connectivity index (χ1v) is 15.8. The monoisotopic (exact) mass is 671 g/mol. The smallest absolute Gasteiger partial charge is 0.352 e. The first-order valence-electron chi connectivity index (χ1n) is 13.7. The first kappa shape index (κ1) is 32.3. The third-order valence-corrected chi connectivity index (χ3v) is 9.18. The van der Waals surface area contributed by atoms with Gasteiger partial charge in [0, 0.05) is 18.1 Å². The normalized spacial score (nSPS) is 18.1. The van der Waals surface area contributed by atoms with E-state index < -0.39 is 46.8 Å². The number of phenols is 1. The van der Waals surface area contributed by atoms with Crippen molar-refractivity contribution in [2.45, 2.75) is 36.5 Å². The Morgan fingerprint density at radius 3 is 2.59 bits per heavy atom. The number of aromatic nitrogens is 6. The van der Waals surface area contributed by atoms with Crippen molar-refractivity contribution in [2.75, 3.05) is 28.3 Å². The number of aliphatic carboxylic acids is 1. The molecule has 18 nitrogen and oxygen atoms in total. The number of hydrogen-bond donors (Lipinski definition) is 7. The second-order valence-electron chi connectivity index (χ2n) is 10.6. The van der Waals surface area contributed by atoms with E-state index in [0.29, 0.717) is 17.3 Å². The zero-order valence-corrected chi connectivity index (χ0v) is 26.0. The predicted molar refractivity (Wildman–Crippen MR) is 166 cm³/mol. The van der Waals surface area contributed by atoms with E-state index in [0.717, 1.165) is 27.8 Å². The summed E-state index contributed by atoms with van der Waals surface area (Å²) in [5.74, 6) is -2.20. The molecule has 242 valence electrons. The summed E-state index contributed by atoms with van der Waals surface area (Å²) in [5, 5.41) is 38.4. The molecule has 2 aromatic heterocycles. The highest BCUT2D eigenvalue weighted by Crippen LogP contribution is 2.42. The number of urea groups is 1. The van der Waals surface area contributed by atoms with Crippen molar-refractivity contribution in [3.63, 3.8) is 0 Å². The number of aromatic amines is 2. The molecule has 2 unspecified atom stereocenters. The summed E-state index contributed by atoms with van der Waals surface area (Å²) in [6, 6.07) is 1.37. The van der Waals surface area contributed by atoms with Crippen LogP contribution in [0.15, 0.2) is 51.7 Å². The maximum absolute atomic E-state index is 13.9. The average molecular weight is 672 g/mol. The Bertz CT molecular complexity index is 1730. The second-order valence-corrected chi connectivity index (χ2v) is 12.6. The standard InChI is InChI=1S/C26H29N11O7S2/c1-11(2)7-28-25-29-8-15(19(39)31-25)36(24(27)44)17(12-3-5-14(38)6-4-12)20(40)30-16-21(41)37-18(23(42)43)13(9-45-22(16)37)10-46-26-32-34-35-33-26/h3-6,8,11,16-17,22,38H,7,9-10H2,1-2H3,(H2,27,44)(H,30,40)(H,42,43)(H2,28,29,31,39)(H,32,33,34,35)/t16?,17?,22-/m1/s1. The van der Waals surface area contributed by atoms with Crippen LogP contribution in [-0.4, -0.2) is 99.0 Å². The van der Waals surface area contributed by atoms with Crippen molar-refractivity contribution in [3.05, 3.63) is 57.6 Å². The number of phenolic OH excluding ortho intramolecular Hbond substituents is 1. The average Bonchev–Trinajstić information content (AvgIpc) is 3.54. The molecular formula is C26H29N11O7S2. The molecule has 2 aliphatic rings. The summed E-state index contributed by atoms with van der Waals surface area (Å²) in [7, 11) is 0. The molecule has 0 bridgehead atoms. The van der Waals surface area contributed by atoms with Gasteiger partial charge in [-0.1, -0.05) is 37.7 Å². The minimum atomic E-state index is -1.58. The van der Waals surface area contributed by atoms with Gasteiger partial charge in [-0.15, -0.1) is 22.0 Å². The van der Waals surface area contributed by atoms with Crippen LogP contribution in [0.2, 0.25) is 0 Å². The maximum Gasteiger partial charge on any atom is 0.352 e. The maximum atomic E-state index is 13.9. The van der Waals surface area contributed by atoms with Crippen molar-refractivity contribution < 1.29 is 29.4 Å². The van der Waals surface area contributed by atoms with Gasteiger partial charge in [0.05, 0.1) is 6.20 Å². The fraction of sp³-hybridized carbons (Fsp3) is 0.346. The molecular weight excluding hydrogens is 642 g/mol. The van der Waals surface area contributed by atoms with Crippen LogP contribution in [0.1, 0.15) is 25.5 Å². The lowest BCUT2D eigenvalue weighted by Gasteiger charge is -2.49. The van der Waals surface area contributed by atoms with Gasteiger partial charge < -0.3 is 26.6 Å². The summed E-state index contributed by atoms with van der Waals surface area (Å²) in [6.07, 6.45) is 1.10. The zero-order chi connectivity index (χ0) is 33.1. The van der Waals surface area contributed by atoms with E-state index in [-0.39, 0.29) is 46.1 Å². The van der Waals surface area contributed by atoms with Crippen molar-refractivity contribution in [1.82, 2.24) is 40.8 Å². The summed E-state index contributed by atoms with van der Waals surface area (Å²) >= 11 is 2.39. The highest BCUT2D eigenvalue weighted by atomic mass is 32.2. The number of anilines is 2. The molecule has 2 aliphatic heterocycles. The predicted octanol–water partition coefficient (Wildman–Crippen LogP) is 0.214. The third-order valence-electron chi connectivity index (χ3n) is 6.92. The molecule has 1 fully saturated rings. The van der Waals surface area contributed by atoms with E-state index in [2.05, 4.69) is 41.2 Å². The molecule has 4 heterocycles. The molecule has 3 aromatic rings. The Kier molecular flexibility index (Phi) is 9.46. The van der Waals surface area contributed by atoms with Gasteiger partial charge in [0.1, 0.15) is 34.6 Å². The number of tetrazole rings is 1. The third kappa shape index (κ3) is 6.61. The van der Waals surface area contributed by atoms with Crippen molar-refractivity contribution >= 4 is 59.0 Å². The molecule has 46 heavy (non-hydrogen) atoms. The number of carboxylic acids is 1. The van der Waals surface area contributed by atoms with E-state index >= 15 is 0 Å². The van der Waals surface area contributed by atoms with E-state index in [1.54, 1.807) is 0 Å². The SMILES string of the molecule is CC(C)CNc1ncc(N(C(N)=O)C(C(=O)NC2C(=O)N3C(C(=O)O)=C(CSc4nn[nH]n4)CS[C@H]23)c2ccc(O)cc2)c(=O)[nH]1. The van der Waals surface area contributed by atoms with Crippen LogP contribution >= 0.6 is 23.5 Å². The fourth-order valence-corrected chi connectivity index (χ4v) is 7.02. The Labute approximate surface area is 268 Å². The number of thioether (sulfide) groups is 2. The van der Waals surface area contributed by atoms with Gasteiger partial charge in [-0.05, 0) is 34.4 Å². The van der Waals surface area contributed by atoms with Crippen molar-refractivity contribution in [3.8, 4) is 5.75 Å². The van der Waals surface area contributed by atoms with Crippen LogP contribution in [0.3, 0.4) is 0 Å². The number of aromatic hydroxyl groups is 1. The number of rotatable bonds is 12. The van der Waals surface area contributed by atoms with E-state index in [9.17, 15) is 34.2 Å². The van der Waals surface area contributed by atoms with Gasteiger partial charge in [-0.3, -0.25) is 29.2 Å². The number of benzene rings is 1. The van der Waals surface area contributed by atoms with Gasteiger partial charge in [-0.25, -0.2) is 14.6 Å². The van der Waals surface area contributed by atoms with Crippen LogP contribution in [0, 0.1) is 5.92 Å². The molecule has 1 aromatic carbocycles. The molecule has 0 spiro atoms. The molecule has 0 radical (unpaired) electrons. The molecule has 1 saturated heterocycles. The molecule has 20 heteroatoms. The van der Waals surface area contributed by atoms with Crippen LogP contribution in [0.5, 0.6) is 5.75 Å². The van der Waals surface area contributed by atoms with E-state index in [1.807, 2.05) is 13.8 Å². The minimum absolute atomic E-state index is 0.127. The lowest BCUT2D eigenvalue weighted by Crippen LogP contribution is -2.71. The highest BCUT2D eigenvalue weighted by molar-refractivity contribution is 8.01. The first-order chi connectivity index (χ1) is 22.0. The zero-order valence-electron chi connectivity index (χ0n) is 24.3. The quantitative estimate of drug-likeness (QED) is 0.100. The number of carboxylic acid groups (broad SMARTS) is 1. The number of carbonyl (C=O) groups is 4. The Morgan fingerprint density at radius 2 is 1.98 bits per heavy atom. The summed E-state index contributed by atoms with van der Waals surface area (Å²) < 4.78 is 0. The van der Waals surface area contributed by atoms with Crippen LogP contribution < -0.4 is 26.8 Å². The number of H-pyrrole nitrogens is 2. The number of nitrogens with two attached hydrogens (primary N) is 1. The van der Waals surface area contributed by atoms with Crippen LogP contribution in [0.4, 0.5) is 16.4 Å². The van der Waals surface area contributed by atoms with Gasteiger partial charge >= 0.3 is 12.0 Å². The number of fused-ring (bicyclic) bond motifs is 1. The Hall–Kier alpha value is -5.11. The number of hydrogen-bond acceptors (Lipinski definition) is 13. The molecule has 5 rings (SSSR count). The molecule has 3 atom stereocenters. The largest absolute Gasteiger partial charge is 0.508 e. The molecule has 0 aliphatic carbocycles. The Balaban J connectivity index is 1.42. The topological polar surface area (TPSA) is 266 Å². The highest BCUT2D eigenvalue weighted by Gasteiger charge is 2.55. The van der Waals surface area contributed by atoms with E-state index in [1.165, 1.54) is 36.0 Å². The number of primary amides is 1. The van der Waals surface area contributed by atoms with Crippen molar-refractivity contribution in [2.24, 2.45) is 11.7 Å². The minimum Gasteiger partial charge on any atom is -0.508 e. The van der Waals surface area contributed by atoms with Crippen LogP contribution in [0.25, 0.3) is 0 Å². The van der Waals surface area contributed by atoms with E-state index in [4.69, 9.17) is 5.73 Å². The fourth-order valence-electron chi connectivity index (χ4n) is 4.80.